The number of rotatable bonds is 5. The van der Waals surface area contributed by atoms with Crippen LogP contribution in [0.5, 0.6) is 0 Å². The second-order valence-corrected chi connectivity index (χ2v) is 3.92. The number of hydrogen-bond acceptors (Lipinski definition) is 3. The number of carbonyl (C=O) groups is 1. The maximum atomic E-state index is 11.6. The Bertz CT molecular complexity index is 535. The molecule has 5 nitrogen and oxygen atoms in total. The summed E-state index contributed by atoms with van der Waals surface area (Å²) in [6.07, 6.45) is 5.12. The highest BCUT2D eigenvalue weighted by molar-refractivity contribution is 5.94. The van der Waals surface area contributed by atoms with Crippen LogP contribution in [-0.4, -0.2) is 17.4 Å². The van der Waals surface area contributed by atoms with Crippen LogP contribution in [0.3, 0.4) is 0 Å². The lowest BCUT2D eigenvalue weighted by atomic mass is 10.1. The van der Waals surface area contributed by atoms with Crippen LogP contribution in [0.25, 0.3) is 6.08 Å². The fourth-order valence-corrected chi connectivity index (χ4v) is 1.74. The summed E-state index contributed by atoms with van der Waals surface area (Å²) in [6, 6.07) is 4.42. The van der Waals surface area contributed by atoms with E-state index in [1.165, 1.54) is 24.0 Å². The molecule has 0 heterocycles. The molecule has 0 saturated carbocycles. The van der Waals surface area contributed by atoms with Crippen molar-refractivity contribution in [2.75, 3.05) is 11.4 Å². The van der Waals surface area contributed by atoms with Crippen LogP contribution in [0.4, 0.5) is 11.4 Å². The highest BCUT2D eigenvalue weighted by Gasteiger charge is 2.16. The van der Waals surface area contributed by atoms with E-state index < -0.39 is 4.92 Å². The Morgan fingerprint density at radius 3 is 2.68 bits per heavy atom. The van der Waals surface area contributed by atoms with E-state index in [2.05, 4.69) is 6.58 Å². The number of benzene rings is 1. The number of hydrogen-bond donors (Lipinski definition) is 0. The number of amides is 1. The molecular weight excluding hydrogens is 244 g/mol. The smallest absolute Gasteiger partial charge is 0.270 e. The minimum atomic E-state index is -0.456. The van der Waals surface area contributed by atoms with E-state index in [9.17, 15) is 14.9 Å². The van der Waals surface area contributed by atoms with E-state index in [1.807, 2.05) is 6.92 Å². The summed E-state index contributed by atoms with van der Waals surface area (Å²) in [5.41, 5.74) is 1.27. The number of allylic oxidation sites excluding steroid dienone is 1. The molecule has 0 aliphatic carbocycles. The normalized spacial score (nSPS) is 10.4. The summed E-state index contributed by atoms with van der Waals surface area (Å²) in [5, 5.41) is 10.8. The third kappa shape index (κ3) is 3.51. The molecule has 0 spiro atoms. The van der Waals surface area contributed by atoms with Crippen LogP contribution in [0.1, 0.15) is 19.4 Å². The summed E-state index contributed by atoms with van der Waals surface area (Å²) < 4.78 is 0. The first-order chi connectivity index (χ1) is 9.01. The number of non-ortho nitro benzene ring substituents is 1. The molecule has 1 aromatic rings. The number of carbonyl (C=O) groups excluding carboxylic acids is 1. The molecule has 0 N–H and O–H groups in total. The minimum Gasteiger partial charge on any atom is -0.308 e. The Labute approximate surface area is 112 Å². The van der Waals surface area contributed by atoms with Gasteiger partial charge >= 0.3 is 0 Å². The monoisotopic (exact) mass is 260 g/mol. The first kappa shape index (κ1) is 14.6. The molecule has 100 valence electrons. The van der Waals surface area contributed by atoms with Crippen molar-refractivity contribution in [1.82, 2.24) is 0 Å². The lowest BCUT2D eigenvalue weighted by molar-refractivity contribution is -0.384. The SMILES string of the molecule is C=CCN(C(C)=O)c1ccc([N+](=O)[O-])cc1/C=C/C. The highest BCUT2D eigenvalue weighted by Crippen LogP contribution is 2.27. The molecule has 0 fully saturated rings. The van der Waals surface area contributed by atoms with E-state index in [-0.39, 0.29) is 11.6 Å². The van der Waals surface area contributed by atoms with Gasteiger partial charge in [-0.25, -0.2) is 0 Å². The van der Waals surface area contributed by atoms with Crippen molar-refractivity contribution in [2.45, 2.75) is 13.8 Å². The second kappa shape index (κ2) is 6.49. The molecular formula is C14H16N2O3. The molecule has 0 radical (unpaired) electrons. The summed E-state index contributed by atoms with van der Waals surface area (Å²) in [5.74, 6) is -0.139. The standard InChI is InChI=1S/C14H16N2O3/c1-4-6-12-10-13(16(18)19)7-8-14(12)15(9-5-2)11(3)17/h4-8,10H,2,9H2,1,3H3/b6-4+. The van der Waals surface area contributed by atoms with E-state index in [0.29, 0.717) is 17.8 Å². The van der Waals surface area contributed by atoms with Crippen LogP contribution in [0.15, 0.2) is 36.9 Å². The van der Waals surface area contributed by atoms with Gasteiger partial charge in [-0.2, -0.15) is 0 Å². The van der Waals surface area contributed by atoms with Crippen LogP contribution in [0.2, 0.25) is 0 Å². The zero-order valence-corrected chi connectivity index (χ0v) is 11.0. The van der Waals surface area contributed by atoms with Gasteiger partial charge in [-0.05, 0) is 13.0 Å². The summed E-state index contributed by atoms with van der Waals surface area (Å²) in [7, 11) is 0. The Balaban J connectivity index is 3.36. The molecule has 0 aliphatic heterocycles. The predicted octanol–water partition coefficient (Wildman–Crippen LogP) is 3.17. The Morgan fingerprint density at radius 1 is 1.53 bits per heavy atom. The topological polar surface area (TPSA) is 63.5 Å². The fourth-order valence-electron chi connectivity index (χ4n) is 1.74. The van der Waals surface area contributed by atoms with Gasteiger partial charge in [0.05, 0.1) is 10.6 Å². The van der Waals surface area contributed by atoms with E-state index in [4.69, 9.17) is 0 Å². The van der Waals surface area contributed by atoms with Gasteiger partial charge in [0.25, 0.3) is 5.69 Å². The lowest BCUT2D eigenvalue weighted by Crippen LogP contribution is -2.29. The van der Waals surface area contributed by atoms with Crippen LogP contribution < -0.4 is 4.90 Å². The van der Waals surface area contributed by atoms with Gasteiger partial charge in [0.2, 0.25) is 5.91 Å². The molecule has 1 rings (SSSR count). The van der Waals surface area contributed by atoms with Gasteiger partial charge in [-0.1, -0.05) is 18.2 Å². The molecule has 0 aliphatic rings. The average molecular weight is 260 g/mol. The molecule has 0 saturated heterocycles. The van der Waals surface area contributed by atoms with Gasteiger partial charge in [-0.3, -0.25) is 14.9 Å². The second-order valence-electron chi connectivity index (χ2n) is 3.92. The highest BCUT2D eigenvalue weighted by atomic mass is 16.6. The van der Waals surface area contributed by atoms with E-state index in [1.54, 1.807) is 24.3 Å². The summed E-state index contributed by atoms with van der Waals surface area (Å²) in [4.78, 5) is 23.5. The average Bonchev–Trinajstić information content (AvgIpc) is 2.36. The quantitative estimate of drug-likeness (QED) is 0.464. The summed E-state index contributed by atoms with van der Waals surface area (Å²) in [6.45, 7) is 7.23. The number of nitro groups is 1. The summed E-state index contributed by atoms with van der Waals surface area (Å²) >= 11 is 0. The van der Waals surface area contributed by atoms with Crippen molar-refractivity contribution < 1.29 is 9.72 Å². The molecule has 0 aromatic heterocycles. The van der Waals surface area contributed by atoms with Crippen molar-refractivity contribution in [3.05, 3.63) is 52.6 Å². The van der Waals surface area contributed by atoms with Crippen molar-refractivity contribution >= 4 is 23.4 Å². The van der Waals surface area contributed by atoms with Crippen molar-refractivity contribution in [3.8, 4) is 0 Å². The van der Waals surface area contributed by atoms with Gasteiger partial charge < -0.3 is 4.90 Å². The molecule has 0 atom stereocenters. The zero-order valence-electron chi connectivity index (χ0n) is 11.0. The maximum absolute atomic E-state index is 11.6. The Morgan fingerprint density at radius 2 is 2.21 bits per heavy atom. The molecule has 1 aromatic carbocycles. The maximum Gasteiger partial charge on any atom is 0.270 e. The predicted molar refractivity (Wildman–Crippen MR) is 76.0 cm³/mol. The van der Waals surface area contributed by atoms with Crippen LogP contribution >= 0.6 is 0 Å². The Kier molecular flexibility index (Phi) is 5.00. The van der Waals surface area contributed by atoms with Gasteiger partial charge in [0.15, 0.2) is 0 Å². The van der Waals surface area contributed by atoms with Gasteiger partial charge in [0, 0.05) is 31.2 Å². The lowest BCUT2D eigenvalue weighted by Gasteiger charge is -2.21. The molecule has 5 heteroatoms. The number of nitrogens with zero attached hydrogens (tertiary/aromatic N) is 2. The van der Waals surface area contributed by atoms with E-state index in [0.717, 1.165) is 0 Å². The van der Waals surface area contributed by atoms with Gasteiger partial charge in [0.1, 0.15) is 0 Å². The van der Waals surface area contributed by atoms with Crippen molar-refractivity contribution in [3.63, 3.8) is 0 Å². The zero-order chi connectivity index (χ0) is 14.4. The Hall–Kier alpha value is -2.43. The molecule has 0 unspecified atom stereocenters. The van der Waals surface area contributed by atoms with Crippen molar-refractivity contribution in [2.24, 2.45) is 0 Å². The van der Waals surface area contributed by atoms with E-state index >= 15 is 0 Å². The third-order valence-electron chi connectivity index (χ3n) is 2.55. The molecule has 1 amide bonds. The van der Waals surface area contributed by atoms with Crippen molar-refractivity contribution in [1.29, 1.82) is 0 Å². The third-order valence-corrected chi connectivity index (χ3v) is 2.55. The molecule has 0 bridgehead atoms. The first-order valence-corrected chi connectivity index (χ1v) is 5.81. The van der Waals surface area contributed by atoms with Gasteiger partial charge in [-0.15, -0.1) is 6.58 Å². The largest absolute Gasteiger partial charge is 0.308 e. The number of nitro benzene ring substituents is 1. The molecule has 19 heavy (non-hydrogen) atoms. The fraction of sp³-hybridized carbons (Fsp3) is 0.214. The number of anilines is 1. The minimum absolute atomic E-state index is 0.000967. The first-order valence-electron chi connectivity index (χ1n) is 5.81. The van der Waals surface area contributed by atoms with Crippen LogP contribution in [-0.2, 0) is 4.79 Å². The van der Waals surface area contributed by atoms with Crippen LogP contribution in [0, 0.1) is 10.1 Å².